The van der Waals surface area contributed by atoms with E-state index in [9.17, 15) is 10.3 Å². The van der Waals surface area contributed by atoms with Crippen molar-refractivity contribution in [1.82, 2.24) is 0 Å². The van der Waals surface area contributed by atoms with E-state index >= 15 is 0 Å². The van der Waals surface area contributed by atoms with Crippen LogP contribution >= 0.6 is 0 Å². The van der Waals surface area contributed by atoms with Crippen molar-refractivity contribution in [1.29, 1.82) is 0 Å². The number of nitrogens with zero attached hydrogens (tertiary/aromatic N) is 4. The number of hydrogen-bond acceptors (Lipinski definition) is 1. The fourth-order valence-electron chi connectivity index (χ4n) is 5.89. The molecule has 47 heavy (non-hydrogen) atoms. The topological polar surface area (TPSA) is 70.6 Å². The molecule has 0 saturated carbocycles. The molecule has 0 bridgehead atoms. The summed E-state index contributed by atoms with van der Waals surface area (Å²) < 4.78 is 1.50. The minimum absolute atomic E-state index is 0. The van der Waals surface area contributed by atoms with Crippen molar-refractivity contribution in [2.75, 3.05) is 28.2 Å². The van der Waals surface area contributed by atoms with Gasteiger partial charge in [0.2, 0.25) is 11.4 Å². The molecule has 0 amide bonds. The zero-order valence-corrected chi connectivity index (χ0v) is 31.9. The molecule has 0 radical (unpaired) electrons. The normalized spacial score (nSPS) is 12.3. The van der Waals surface area contributed by atoms with Gasteiger partial charge in [0.15, 0.2) is 0 Å². The number of benzene rings is 2. The van der Waals surface area contributed by atoms with Gasteiger partial charge in [-0.25, -0.2) is 4.70 Å². The number of Topliss-reactive ketones (excluding diaryl/α,β-unsaturated/α-hetero) is 1. The largest absolute Gasteiger partial charge is 2.00 e. The second-order valence-electron chi connectivity index (χ2n) is 12.5. The molecule has 0 atom stereocenters. The molecule has 0 spiro atoms. The molecule has 1 heterocycles. The molecular weight excluding hydrogens is 623 g/mol. The Morgan fingerprint density at radius 2 is 1.13 bits per heavy atom. The molecule has 0 N–H and O–H groups in total. The molecular formula is C41H64N4NiO. The molecule has 2 aromatic rings. The number of carbonyl (C=O) groups is 1. The Bertz CT molecular complexity index is 1210. The van der Waals surface area contributed by atoms with Crippen LogP contribution in [0.5, 0.6) is 0 Å². The van der Waals surface area contributed by atoms with Crippen molar-refractivity contribution in [2.45, 2.75) is 130 Å². The molecule has 0 saturated heterocycles. The van der Waals surface area contributed by atoms with E-state index in [0.29, 0.717) is 12.8 Å². The number of hydrogen-bond donors (Lipinski definition) is 0. The molecule has 1 aliphatic heterocycles. The summed E-state index contributed by atoms with van der Waals surface area (Å²) in [6.45, 7) is 8.41. The fraction of sp³-hybridized carbons (Fsp3) is 0.585. The second-order valence-corrected chi connectivity index (χ2v) is 12.5. The van der Waals surface area contributed by atoms with E-state index in [1.807, 2.05) is 6.07 Å². The van der Waals surface area contributed by atoms with Gasteiger partial charge in [0.05, 0.1) is 0 Å². The molecule has 2 aromatic carbocycles. The standard InChI is InChI=1S/C37H52N2O.2C2H6N.Ni/c1-5-8-11-12-13-15-22-34-35(21-14-9-6-2)37(33-20-17-16-19-31(33)26-23-29(4)40)39(38)36(34)32-27-24-30(25-28-32)18-10-7-3;2*1-3-2;/h16-17,19-20,24-25,27-28H,5-15,18,21-23,26H2,1-4H3;2*1-2H3;/q;2*-1;+2. The Hall–Kier alpha value is -2.40. The third-order valence-electron chi connectivity index (χ3n) is 8.24. The van der Waals surface area contributed by atoms with Gasteiger partial charge >= 0.3 is 16.5 Å². The first-order valence-corrected chi connectivity index (χ1v) is 17.9. The molecule has 5 nitrogen and oxygen atoms in total. The maximum atomic E-state index is 12.0. The van der Waals surface area contributed by atoms with Crippen molar-refractivity contribution in [2.24, 2.45) is 0 Å². The van der Waals surface area contributed by atoms with Gasteiger partial charge in [-0.3, -0.25) is 0 Å². The van der Waals surface area contributed by atoms with E-state index in [2.05, 4.69) is 73.9 Å². The van der Waals surface area contributed by atoms with E-state index in [0.717, 1.165) is 60.2 Å². The van der Waals surface area contributed by atoms with Crippen LogP contribution in [0.3, 0.4) is 0 Å². The summed E-state index contributed by atoms with van der Waals surface area (Å²) in [5.74, 6) is 0.199. The molecule has 1 aliphatic rings. The Morgan fingerprint density at radius 1 is 0.638 bits per heavy atom. The summed E-state index contributed by atoms with van der Waals surface area (Å²) in [6.07, 6.45) is 17.6. The summed E-state index contributed by atoms with van der Waals surface area (Å²) in [6, 6.07) is 17.3. The first kappa shape index (κ1) is 44.6. The molecule has 0 fully saturated rings. The van der Waals surface area contributed by atoms with Crippen LogP contribution in [-0.2, 0) is 34.1 Å². The van der Waals surface area contributed by atoms with Gasteiger partial charge in [-0.2, -0.15) is 28.2 Å². The molecule has 0 aromatic heterocycles. The molecule has 264 valence electrons. The van der Waals surface area contributed by atoms with E-state index in [-0.39, 0.29) is 22.3 Å². The fourth-order valence-corrected chi connectivity index (χ4v) is 5.89. The third-order valence-corrected chi connectivity index (χ3v) is 8.24. The van der Waals surface area contributed by atoms with Gasteiger partial charge in [0.25, 0.3) is 0 Å². The summed E-state index contributed by atoms with van der Waals surface area (Å²) in [7, 11) is 7.00. The third kappa shape index (κ3) is 16.0. The van der Waals surface area contributed by atoms with Crippen molar-refractivity contribution in [3.63, 3.8) is 0 Å². The van der Waals surface area contributed by atoms with Gasteiger partial charge in [-0.1, -0.05) is 102 Å². The minimum atomic E-state index is 0. The van der Waals surface area contributed by atoms with Crippen LogP contribution < -0.4 is 0 Å². The maximum Gasteiger partial charge on any atom is 2.00 e. The number of aryl methyl sites for hydroxylation is 2. The van der Waals surface area contributed by atoms with Crippen molar-refractivity contribution < 1.29 is 26.0 Å². The average Bonchev–Trinajstić information content (AvgIpc) is 3.32. The SMILES string of the molecule is CCCCCCCCC1=C(c2ccc(CCCC)cc2)[N+](=[N-])C(c2ccccc2CCC(C)=O)=C1CCCCC.C[N-]C.C[N-]C.[Ni+2]. The molecule has 6 heteroatoms. The molecule has 0 aliphatic carbocycles. The zero-order valence-electron chi connectivity index (χ0n) is 30.9. The van der Waals surface area contributed by atoms with Crippen molar-refractivity contribution >= 4 is 17.2 Å². The zero-order chi connectivity index (χ0) is 34.2. The average molecular weight is 688 g/mol. The number of ketones is 1. The van der Waals surface area contributed by atoms with E-state index in [4.69, 9.17) is 0 Å². The van der Waals surface area contributed by atoms with Crippen LogP contribution in [0.4, 0.5) is 0 Å². The summed E-state index contributed by atoms with van der Waals surface area (Å²) in [5.41, 5.74) is 21.1. The van der Waals surface area contributed by atoms with Gasteiger partial charge < -0.3 is 21.0 Å². The second kappa shape index (κ2) is 27.5. The van der Waals surface area contributed by atoms with Crippen LogP contribution in [0.1, 0.15) is 140 Å². The predicted molar refractivity (Wildman–Crippen MR) is 201 cm³/mol. The summed E-state index contributed by atoms with van der Waals surface area (Å²) >= 11 is 0. The Kier molecular flexibility index (Phi) is 26.1. The smallest absolute Gasteiger partial charge is 0.668 e. The molecule has 0 unspecified atom stereocenters. The summed E-state index contributed by atoms with van der Waals surface area (Å²) in [4.78, 5) is 11.9. The van der Waals surface area contributed by atoms with Crippen molar-refractivity contribution in [3.8, 4) is 0 Å². The van der Waals surface area contributed by atoms with Gasteiger partial charge in [0, 0.05) is 28.7 Å². The van der Waals surface area contributed by atoms with Crippen LogP contribution in [0, 0.1) is 0 Å². The number of carbonyl (C=O) groups excluding carboxylic acids is 1. The molecule has 3 rings (SSSR count). The Labute approximate surface area is 298 Å². The summed E-state index contributed by atoms with van der Waals surface area (Å²) in [5, 5.41) is 7.00. The maximum absolute atomic E-state index is 12.0. The van der Waals surface area contributed by atoms with Crippen LogP contribution in [0.15, 0.2) is 59.7 Å². The van der Waals surface area contributed by atoms with E-state index in [1.165, 1.54) is 79.2 Å². The number of rotatable bonds is 19. The van der Waals surface area contributed by atoms with Crippen LogP contribution in [0.25, 0.3) is 27.6 Å². The van der Waals surface area contributed by atoms with E-state index in [1.54, 1.807) is 35.1 Å². The monoisotopic (exact) mass is 686 g/mol. The Balaban J connectivity index is 0.00000280. The quantitative estimate of drug-likeness (QED) is 0.0823. The first-order valence-electron chi connectivity index (χ1n) is 17.9. The van der Waals surface area contributed by atoms with Crippen molar-refractivity contribution in [3.05, 3.63) is 98.1 Å². The van der Waals surface area contributed by atoms with Gasteiger partial charge in [0.1, 0.15) is 5.78 Å². The van der Waals surface area contributed by atoms with Crippen LogP contribution in [0.2, 0.25) is 0 Å². The minimum Gasteiger partial charge on any atom is -0.668 e. The number of unbranched alkanes of at least 4 members (excludes halogenated alkanes) is 8. The van der Waals surface area contributed by atoms with Crippen LogP contribution in [-0.4, -0.2) is 38.7 Å². The van der Waals surface area contributed by atoms with Gasteiger partial charge in [-0.15, -0.1) is 0 Å². The number of allylic oxidation sites excluding steroid dienone is 2. The predicted octanol–water partition coefficient (Wildman–Crippen LogP) is 12.3. The van der Waals surface area contributed by atoms with E-state index < -0.39 is 0 Å². The first-order chi connectivity index (χ1) is 22.3. The van der Waals surface area contributed by atoms with Gasteiger partial charge in [-0.05, 0) is 81.2 Å². The Morgan fingerprint density at radius 3 is 1.70 bits per heavy atom.